The summed E-state index contributed by atoms with van der Waals surface area (Å²) in [6.45, 7) is 5.53. The molecular weight excluding hydrogens is 456 g/mol. The van der Waals surface area contributed by atoms with Crippen molar-refractivity contribution in [1.82, 2.24) is 15.1 Å². The fraction of sp³-hybridized carbons (Fsp3) is 0.400. The van der Waals surface area contributed by atoms with Crippen LogP contribution in [0.5, 0.6) is 5.75 Å². The van der Waals surface area contributed by atoms with E-state index in [0.29, 0.717) is 48.2 Å². The number of methoxy groups -OCH3 is 1. The molecule has 4 amide bonds. The van der Waals surface area contributed by atoms with Crippen LogP contribution in [0.15, 0.2) is 48.5 Å². The number of anilines is 1. The number of urea groups is 1. The Bertz CT molecular complexity index is 1010. The van der Waals surface area contributed by atoms with E-state index < -0.39 is 6.04 Å². The van der Waals surface area contributed by atoms with Crippen LogP contribution in [0.3, 0.4) is 0 Å². The van der Waals surface area contributed by atoms with E-state index in [9.17, 15) is 14.4 Å². The highest BCUT2D eigenvalue weighted by molar-refractivity contribution is 6.30. The number of halogens is 1. The van der Waals surface area contributed by atoms with Gasteiger partial charge in [-0.1, -0.05) is 37.9 Å². The minimum absolute atomic E-state index is 0.0427. The number of nitrogens with one attached hydrogen (secondary N) is 2. The third kappa shape index (κ3) is 6.41. The van der Waals surface area contributed by atoms with E-state index >= 15 is 0 Å². The number of carbonyl (C=O) groups excluding carboxylic acids is 3. The summed E-state index contributed by atoms with van der Waals surface area (Å²) in [6.07, 6.45) is 0.737. The zero-order chi connectivity index (χ0) is 24.7. The van der Waals surface area contributed by atoms with Crippen molar-refractivity contribution in [1.29, 1.82) is 0 Å². The van der Waals surface area contributed by atoms with E-state index in [1.807, 2.05) is 13.8 Å². The molecule has 1 fully saturated rings. The Labute approximate surface area is 205 Å². The fourth-order valence-electron chi connectivity index (χ4n) is 3.75. The normalized spacial score (nSPS) is 15.3. The Morgan fingerprint density at radius 1 is 1.03 bits per heavy atom. The minimum Gasteiger partial charge on any atom is -0.497 e. The average Bonchev–Trinajstić information content (AvgIpc) is 2.86. The van der Waals surface area contributed by atoms with Crippen molar-refractivity contribution in [3.63, 3.8) is 0 Å². The largest absolute Gasteiger partial charge is 0.497 e. The van der Waals surface area contributed by atoms with Crippen LogP contribution in [-0.4, -0.2) is 67.0 Å². The molecule has 0 spiro atoms. The summed E-state index contributed by atoms with van der Waals surface area (Å²) in [6, 6.07) is 12.8. The number of carbonyl (C=O) groups is 3. The molecule has 2 aromatic rings. The predicted octanol–water partition coefficient (Wildman–Crippen LogP) is 3.87. The molecule has 0 radical (unpaired) electrons. The van der Waals surface area contributed by atoms with E-state index in [1.54, 1.807) is 65.4 Å². The third-order valence-corrected chi connectivity index (χ3v) is 6.31. The van der Waals surface area contributed by atoms with Crippen LogP contribution >= 0.6 is 11.6 Å². The first-order valence-electron chi connectivity index (χ1n) is 11.4. The summed E-state index contributed by atoms with van der Waals surface area (Å²) >= 11 is 5.98. The Morgan fingerprint density at radius 2 is 1.68 bits per heavy atom. The van der Waals surface area contributed by atoms with Crippen molar-refractivity contribution < 1.29 is 19.1 Å². The van der Waals surface area contributed by atoms with Gasteiger partial charge in [-0.15, -0.1) is 0 Å². The molecule has 1 heterocycles. The van der Waals surface area contributed by atoms with Crippen molar-refractivity contribution in [2.45, 2.75) is 26.3 Å². The maximum atomic E-state index is 13.3. The molecule has 0 saturated carbocycles. The monoisotopic (exact) mass is 486 g/mol. The molecule has 3 rings (SSSR count). The lowest BCUT2D eigenvalue weighted by Gasteiger charge is -2.37. The molecule has 34 heavy (non-hydrogen) atoms. The molecule has 0 bridgehead atoms. The van der Waals surface area contributed by atoms with E-state index in [2.05, 4.69) is 10.6 Å². The van der Waals surface area contributed by atoms with Gasteiger partial charge in [0.25, 0.3) is 5.91 Å². The molecule has 2 aromatic carbocycles. The Hall–Kier alpha value is -3.26. The molecule has 2 N–H and O–H groups in total. The molecule has 2 atom stereocenters. The lowest BCUT2D eigenvalue weighted by atomic mass is 9.97. The highest BCUT2D eigenvalue weighted by Gasteiger charge is 2.32. The van der Waals surface area contributed by atoms with Gasteiger partial charge in [0.2, 0.25) is 5.91 Å². The average molecular weight is 487 g/mol. The maximum absolute atomic E-state index is 13.3. The molecular formula is C25H31ClN4O4. The Morgan fingerprint density at radius 3 is 2.26 bits per heavy atom. The summed E-state index contributed by atoms with van der Waals surface area (Å²) in [5, 5.41) is 6.29. The SMILES string of the molecule is CCC(C)C(NC(=O)c1ccc(OC)cc1)C(=O)N1CCN(C(=O)Nc2cccc(Cl)c2)CC1. The van der Waals surface area contributed by atoms with E-state index in [4.69, 9.17) is 16.3 Å². The first-order valence-corrected chi connectivity index (χ1v) is 11.7. The van der Waals surface area contributed by atoms with Crippen molar-refractivity contribution >= 4 is 35.1 Å². The van der Waals surface area contributed by atoms with E-state index in [0.717, 1.165) is 6.42 Å². The third-order valence-electron chi connectivity index (χ3n) is 6.07. The summed E-state index contributed by atoms with van der Waals surface area (Å²) in [5.41, 5.74) is 1.08. The van der Waals surface area contributed by atoms with Gasteiger partial charge >= 0.3 is 6.03 Å². The van der Waals surface area contributed by atoms with Crippen LogP contribution in [0.25, 0.3) is 0 Å². The van der Waals surface area contributed by atoms with Crippen molar-refractivity contribution in [2.24, 2.45) is 5.92 Å². The maximum Gasteiger partial charge on any atom is 0.321 e. The van der Waals surface area contributed by atoms with Crippen LogP contribution in [0.1, 0.15) is 30.6 Å². The van der Waals surface area contributed by atoms with Gasteiger partial charge in [-0.3, -0.25) is 9.59 Å². The second-order valence-electron chi connectivity index (χ2n) is 8.32. The summed E-state index contributed by atoms with van der Waals surface area (Å²) in [7, 11) is 1.56. The van der Waals surface area contributed by atoms with Gasteiger partial charge in [-0.25, -0.2) is 4.79 Å². The molecule has 1 saturated heterocycles. The second-order valence-corrected chi connectivity index (χ2v) is 8.75. The predicted molar refractivity (Wildman–Crippen MR) is 132 cm³/mol. The molecule has 0 aromatic heterocycles. The number of hydrogen-bond donors (Lipinski definition) is 2. The molecule has 1 aliphatic heterocycles. The van der Waals surface area contributed by atoms with Crippen LogP contribution in [0.4, 0.5) is 10.5 Å². The van der Waals surface area contributed by atoms with Gasteiger partial charge in [0.15, 0.2) is 0 Å². The summed E-state index contributed by atoms with van der Waals surface area (Å²) < 4.78 is 5.14. The van der Waals surface area contributed by atoms with E-state index in [1.165, 1.54) is 0 Å². The van der Waals surface area contributed by atoms with Crippen LogP contribution in [0.2, 0.25) is 5.02 Å². The van der Waals surface area contributed by atoms with Crippen LogP contribution in [-0.2, 0) is 4.79 Å². The van der Waals surface area contributed by atoms with E-state index in [-0.39, 0.29) is 23.8 Å². The van der Waals surface area contributed by atoms with Gasteiger partial charge < -0.3 is 25.2 Å². The molecule has 182 valence electrons. The highest BCUT2D eigenvalue weighted by Crippen LogP contribution is 2.18. The Balaban J connectivity index is 1.59. The lowest BCUT2D eigenvalue weighted by molar-refractivity contribution is -0.135. The number of benzene rings is 2. The second kappa shape index (κ2) is 11.7. The number of amides is 4. The Kier molecular flexibility index (Phi) is 8.76. The first-order chi connectivity index (χ1) is 16.3. The molecule has 8 nitrogen and oxygen atoms in total. The van der Waals surface area contributed by atoms with Crippen molar-refractivity contribution in [2.75, 3.05) is 38.6 Å². The van der Waals surface area contributed by atoms with Gasteiger partial charge in [0.1, 0.15) is 11.8 Å². The molecule has 2 unspecified atom stereocenters. The lowest BCUT2D eigenvalue weighted by Crippen LogP contribution is -2.57. The smallest absolute Gasteiger partial charge is 0.321 e. The molecule has 1 aliphatic rings. The van der Waals surface area contributed by atoms with Crippen molar-refractivity contribution in [3.05, 3.63) is 59.1 Å². The number of ether oxygens (including phenoxy) is 1. The quantitative estimate of drug-likeness (QED) is 0.621. The number of nitrogens with zero attached hydrogens (tertiary/aromatic N) is 2. The number of piperazine rings is 1. The highest BCUT2D eigenvalue weighted by atomic mass is 35.5. The van der Waals surface area contributed by atoms with Crippen molar-refractivity contribution in [3.8, 4) is 5.75 Å². The number of rotatable bonds is 7. The minimum atomic E-state index is -0.647. The molecule has 9 heteroatoms. The first kappa shape index (κ1) is 25.4. The van der Waals surface area contributed by atoms with Gasteiger partial charge in [0, 0.05) is 42.5 Å². The fourth-order valence-corrected chi connectivity index (χ4v) is 3.94. The van der Waals surface area contributed by atoms with Crippen LogP contribution < -0.4 is 15.4 Å². The standard InChI is InChI=1S/C25H31ClN4O4/c1-4-17(2)22(28-23(31)18-8-10-21(34-3)11-9-18)24(32)29-12-14-30(15-13-29)25(33)27-20-7-5-6-19(26)16-20/h5-11,16-17,22H,4,12-15H2,1-3H3,(H,27,33)(H,28,31). The summed E-state index contributed by atoms with van der Waals surface area (Å²) in [5.74, 6) is 0.175. The summed E-state index contributed by atoms with van der Waals surface area (Å²) in [4.78, 5) is 42.1. The number of hydrogen-bond acceptors (Lipinski definition) is 4. The zero-order valence-corrected chi connectivity index (χ0v) is 20.5. The van der Waals surface area contributed by atoms with Gasteiger partial charge in [-0.2, -0.15) is 0 Å². The van der Waals surface area contributed by atoms with Gasteiger partial charge in [-0.05, 0) is 48.4 Å². The van der Waals surface area contributed by atoms with Gasteiger partial charge in [0.05, 0.1) is 7.11 Å². The zero-order valence-electron chi connectivity index (χ0n) is 19.7. The van der Waals surface area contributed by atoms with Crippen LogP contribution in [0, 0.1) is 5.92 Å². The molecule has 0 aliphatic carbocycles. The topological polar surface area (TPSA) is 91.0 Å².